The van der Waals surface area contributed by atoms with E-state index >= 15 is 0 Å². The predicted molar refractivity (Wildman–Crippen MR) is 120 cm³/mol. The molecule has 0 spiro atoms. The van der Waals surface area contributed by atoms with Crippen LogP contribution in [0.25, 0.3) is 11.2 Å². The van der Waals surface area contributed by atoms with E-state index < -0.39 is 89.7 Å². The number of hydrogen-bond donors (Lipinski definition) is 10. The molecule has 4 rings (SSSR count). The quantitative estimate of drug-likeness (QED) is 0.120. The number of imidazole rings is 1. The molecule has 0 saturated carbocycles. The summed E-state index contributed by atoms with van der Waals surface area (Å²) in [6.07, 6.45) is -15.0. The Labute approximate surface area is 216 Å². The van der Waals surface area contributed by atoms with E-state index in [1.807, 2.05) is 0 Å². The summed E-state index contributed by atoms with van der Waals surface area (Å²) in [6.45, 7) is -1.89. The minimum Gasteiger partial charge on any atom is -0.394 e. The molecule has 0 bridgehead atoms. The molecular formula is C16H25N5O16P2. The van der Waals surface area contributed by atoms with E-state index in [1.54, 1.807) is 0 Å². The Kier molecular flexibility index (Phi) is 8.60. The molecule has 0 radical (unpaired) electrons. The number of phosphoric ester groups is 2. The highest BCUT2D eigenvalue weighted by Gasteiger charge is 2.49. The average Bonchev–Trinajstić information content (AvgIpc) is 3.38. The second-order valence-electron chi connectivity index (χ2n) is 8.44. The zero-order valence-electron chi connectivity index (χ0n) is 19.3. The standard InChI is InChI=1S/C16H25N5O16P2/c17-16-19-12-6(13(28)20-16)18-3-21(12)14-10(26)8(24)5(34-14)2-33-38(29,30)37-39(31,32)36-15-11(27)9(25)7(23)4(1-22)35-15/h3-5,7-11,14-15,22-27H,1-2H2,(H,29,30)(H,31,32)(H3,17,19,20,28)/t4?,5-,7?,8-,9?,10-,11?,14?,15?/m1/s1. The number of aromatic nitrogens is 4. The number of rotatable bonds is 9. The molecule has 220 valence electrons. The van der Waals surface area contributed by atoms with Crippen molar-refractivity contribution in [3.05, 3.63) is 16.7 Å². The zero-order chi connectivity index (χ0) is 28.9. The van der Waals surface area contributed by atoms with Gasteiger partial charge in [-0.25, -0.2) is 14.1 Å². The minimum absolute atomic E-state index is 0.114. The lowest BCUT2D eigenvalue weighted by atomic mass is 10.00. The summed E-state index contributed by atoms with van der Waals surface area (Å²) in [7, 11) is -11.1. The Balaban J connectivity index is 1.39. The van der Waals surface area contributed by atoms with Crippen molar-refractivity contribution >= 4 is 32.8 Å². The summed E-state index contributed by atoms with van der Waals surface area (Å²) in [5.41, 5.74) is 4.54. The molecular weight excluding hydrogens is 580 g/mol. The van der Waals surface area contributed by atoms with Crippen LogP contribution in [0.2, 0.25) is 0 Å². The first-order valence-electron chi connectivity index (χ1n) is 10.9. The van der Waals surface area contributed by atoms with Crippen LogP contribution in [-0.4, -0.2) is 122 Å². The van der Waals surface area contributed by atoms with Crippen LogP contribution < -0.4 is 11.3 Å². The van der Waals surface area contributed by atoms with Crippen molar-refractivity contribution in [1.29, 1.82) is 0 Å². The molecule has 0 aliphatic carbocycles. The molecule has 2 fully saturated rings. The van der Waals surface area contributed by atoms with E-state index in [0.29, 0.717) is 0 Å². The Morgan fingerprint density at radius 2 is 1.67 bits per heavy atom. The molecule has 2 aliphatic rings. The predicted octanol–water partition coefficient (Wildman–Crippen LogP) is -4.63. The fourth-order valence-electron chi connectivity index (χ4n) is 3.85. The maximum Gasteiger partial charge on any atom is 0.483 e. The van der Waals surface area contributed by atoms with Crippen LogP contribution in [-0.2, 0) is 32.0 Å². The van der Waals surface area contributed by atoms with Gasteiger partial charge in [-0.3, -0.25) is 23.4 Å². The molecule has 2 aliphatic heterocycles. The van der Waals surface area contributed by atoms with Gasteiger partial charge in [-0.2, -0.15) is 9.29 Å². The molecule has 0 aromatic carbocycles. The van der Waals surface area contributed by atoms with Crippen molar-refractivity contribution in [2.24, 2.45) is 0 Å². The smallest absolute Gasteiger partial charge is 0.394 e. The summed E-state index contributed by atoms with van der Waals surface area (Å²) < 4.78 is 49.1. The molecule has 21 nitrogen and oxygen atoms in total. The second-order valence-corrected chi connectivity index (χ2v) is 11.4. The molecule has 2 aromatic heterocycles. The Hall–Kier alpha value is -1.91. The number of nitrogen functional groups attached to an aromatic ring is 1. The second kappa shape index (κ2) is 11.2. The van der Waals surface area contributed by atoms with Crippen molar-refractivity contribution in [3.8, 4) is 0 Å². The minimum atomic E-state index is -5.60. The van der Waals surface area contributed by atoms with Gasteiger partial charge >= 0.3 is 15.6 Å². The van der Waals surface area contributed by atoms with E-state index in [2.05, 4.69) is 28.3 Å². The van der Waals surface area contributed by atoms with Crippen LogP contribution in [0.4, 0.5) is 5.95 Å². The number of nitrogens with two attached hydrogens (primary N) is 1. The first-order chi connectivity index (χ1) is 18.1. The third-order valence-corrected chi connectivity index (χ3v) is 8.36. The van der Waals surface area contributed by atoms with Gasteiger partial charge in [-0.05, 0) is 0 Å². The maximum absolute atomic E-state index is 12.3. The molecule has 11 atom stereocenters. The number of hydrogen-bond acceptors (Lipinski definition) is 17. The van der Waals surface area contributed by atoms with E-state index in [-0.39, 0.29) is 17.1 Å². The van der Waals surface area contributed by atoms with Gasteiger partial charge in [0.2, 0.25) is 5.95 Å². The van der Waals surface area contributed by atoms with E-state index in [4.69, 9.17) is 20.3 Å². The Morgan fingerprint density at radius 3 is 2.33 bits per heavy atom. The number of fused-ring (bicyclic) bond motifs is 1. The average molecular weight is 605 g/mol. The van der Waals surface area contributed by atoms with Gasteiger partial charge in [-0.1, -0.05) is 0 Å². The topological polar surface area (TPSA) is 332 Å². The van der Waals surface area contributed by atoms with Crippen molar-refractivity contribution in [1.82, 2.24) is 19.5 Å². The lowest BCUT2D eigenvalue weighted by molar-refractivity contribution is -0.280. The number of aliphatic hydroxyl groups excluding tert-OH is 6. The number of nitrogens with one attached hydrogen (secondary N) is 1. The fourth-order valence-corrected chi connectivity index (χ4v) is 6.01. The first-order valence-corrected chi connectivity index (χ1v) is 13.9. The van der Waals surface area contributed by atoms with Crippen LogP contribution in [0.15, 0.2) is 11.1 Å². The molecule has 0 amide bonds. The third kappa shape index (κ3) is 6.22. The lowest BCUT2D eigenvalue weighted by Crippen LogP contribution is -2.58. The van der Waals surface area contributed by atoms with Crippen LogP contribution in [0.5, 0.6) is 0 Å². The number of ether oxygens (including phenoxy) is 2. The van der Waals surface area contributed by atoms with Gasteiger partial charge in [0.1, 0.15) is 42.7 Å². The van der Waals surface area contributed by atoms with Crippen LogP contribution in [0.3, 0.4) is 0 Å². The monoisotopic (exact) mass is 605 g/mol. The fraction of sp³-hybridized carbons (Fsp3) is 0.688. The van der Waals surface area contributed by atoms with Crippen LogP contribution in [0, 0.1) is 0 Å². The van der Waals surface area contributed by atoms with Gasteiger partial charge in [0.05, 0.1) is 19.5 Å². The SMILES string of the molecule is Nc1nc2c(ncn2C2O[C@H](COP(=O)(O)OP(=O)(O)OC3OC(CO)C(O)C(O)C3O)[C@@H](O)[C@H]2O)c(=O)[nH]1. The number of aromatic amines is 1. The first kappa shape index (κ1) is 30.1. The van der Waals surface area contributed by atoms with Gasteiger partial charge in [0.15, 0.2) is 23.7 Å². The van der Waals surface area contributed by atoms with E-state index in [1.165, 1.54) is 0 Å². The molecule has 39 heavy (non-hydrogen) atoms. The highest BCUT2D eigenvalue weighted by atomic mass is 31.3. The van der Waals surface area contributed by atoms with E-state index in [0.717, 1.165) is 10.9 Å². The Bertz CT molecular complexity index is 1340. The van der Waals surface area contributed by atoms with Crippen molar-refractivity contribution < 1.29 is 72.4 Å². The van der Waals surface area contributed by atoms with Gasteiger partial charge in [0.25, 0.3) is 5.56 Å². The van der Waals surface area contributed by atoms with Gasteiger partial charge in [-0.15, -0.1) is 0 Å². The largest absolute Gasteiger partial charge is 0.483 e. The number of phosphoric acid groups is 2. The normalized spacial score (nSPS) is 36.6. The Morgan fingerprint density at radius 1 is 1.00 bits per heavy atom. The number of anilines is 1. The highest BCUT2D eigenvalue weighted by molar-refractivity contribution is 7.61. The highest BCUT2D eigenvalue weighted by Crippen LogP contribution is 2.61. The molecule has 8 unspecified atom stereocenters. The lowest BCUT2D eigenvalue weighted by Gasteiger charge is -2.39. The summed E-state index contributed by atoms with van der Waals surface area (Å²) in [6, 6.07) is 0. The summed E-state index contributed by atoms with van der Waals surface area (Å²) >= 11 is 0. The number of nitrogens with zero attached hydrogens (tertiary/aromatic N) is 3. The van der Waals surface area contributed by atoms with E-state index in [9.17, 15) is 49.2 Å². The van der Waals surface area contributed by atoms with Crippen molar-refractivity contribution in [2.75, 3.05) is 18.9 Å². The van der Waals surface area contributed by atoms with Crippen LogP contribution in [0.1, 0.15) is 6.23 Å². The number of H-pyrrole nitrogens is 1. The maximum atomic E-state index is 12.3. The summed E-state index contributed by atoms with van der Waals surface area (Å²) in [5.74, 6) is -0.278. The summed E-state index contributed by atoms with van der Waals surface area (Å²) in [4.78, 5) is 41.7. The third-order valence-electron chi connectivity index (χ3n) is 5.76. The van der Waals surface area contributed by atoms with Crippen molar-refractivity contribution in [2.45, 2.75) is 55.2 Å². The summed E-state index contributed by atoms with van der Waals surface area (Å²) in [5, 5.41) is 59.2. The molecule has 2 aromatic rings. The van der Waals surface area contributed by atoms with Crippen molar-refractivity contribution in [3.63, 3.8) is 0 Å². The van der Waals surface area contributed by atoms with Gasteiger partial charge in [0, 0.05) is 0 Å². The van der Waals surface area contributed by atoms with Gasteiger partial charge < -0.3 is 55.6 Å². The molecule has 11 N–H and O–H groups in total. The number of aliphatic hydroxyl groups is 6. The molecule has 23 heteroatoms. The zero-order valence-corrected chi connectivity index (χ0v) is 21.1. The van der Waals surface area contributed by atoms with Crippen LogP contribution >= 0.6 is 15.6 Å². The molecule has 2 saturated heterocycles. The molecule has 4 heterocycles.